The number of carbonyl (C=O) groups is 1. The summed E-state index contributed by atoms with van der Waals surface area (Å²) in [6, 6.07) is 15.0. The highest BCUT2D eigenvalue weighted by molar-refractivity contribution is 7.91. The SMILES string of the molecule is CC1(C(=O)NCC#N)CC(F)(F)CCC1(C)c1nn(-c2ccc(F)cc2)cc1-c1ccc(N2CCS(=O)(=O)CC2)cc1. The number of anilines is 1. The molecule has 0 spiro atoms. The van der Waals surface area contributed by atoms with E-state index in [0.29, 0.717) is 30.0 Å². The van der Waals surface area contributed by atoms with Crippen LogP contribution in [0.15, 0.2) is 54.7 Å². The average molecular weight is 600 g/mol. The lowest BCUT2D eigenvalue weighted by atomic mass is 9.54. The molecular formula is C30H32F3N5O3S. The molecule has 3 aromatic rings. The van der Waals surface area contributed by atoms with Crippen LogP contribution in [0, 0.1) is 22.6 Å². The quantitative estimate of drug-likeness (QED) is 0.414. The molecule has 1 aliphatic heterocycles. The fraction of sp³-hybridized carbons (Fsp3) is 0.433. The molecule has 1 saturated heterocycles. The van der Waals surface area contributed by atoms with Crippen molar-refractivity contribution in [3.8, 4) is 22.9 Å². The zero-order chi connectivity index (χ0) is 30.3. The average Bonchev–Trinajstić information content (AvgIpc) is 3.40. The lowest BCUT2D eigenvalue weighted by Crippen LogP contribution is -2.58. The third kappa shape index (κ3) is 5.50. The predicted molar refractivity (Wildman–Crippen MR) is 153 cm³/mol. The van der Waals surface area contributed by atoms with Crippen LogP contribution in [0.5, 0.6) is 0 Å². The number of halogens is 3. The number of nitrogens with one attached hydrogen (secondary N) is 1. The smallest absolute Gasteiger partial charge is 0.249 e. The summed E-state index contributed by atoms with van der Waals surface area (Å²) in [5.74, 6) is -3.99. The van der Waals surface area contributed by atoms with E-state index in [0.717, 1.165) is 11.3 Å². The van der Waals surface area contributed by atoms with Crippen molar-refractivity contribution in [2.24, 2.45) is 5.41 Å². The van der Waals surface area contributed by atoms with Crippen LogP contribution in [0.2, 0.25) is 0 Å². The Bertz CT molecular complexity index is 1620. The zero-order valence-corrected chi connectivity index (χ0v) is 24.2. The summed E-state index contributed by atoms with van der Waals surface area (Å²) in [5.41, 5.74) is 0.426. The maximum Gasteiger partial charge on any atom is 0.249 e. The van der Waals surface area contributed by atoms with Gasteiger partial charge >= 0.3 is 0 Å². The van der Waals surface area contributed by atoms with Crippen LogP contribution in [0.1, 0.15) is 38.8 Å². The number of rotatable bonds is 6. The molecule has 1 aromatic heterocycles. The monoisotopic (exact) mass is 599 g/mol. The number of sulfone groups is 1. The van der Waals surface area contributed by atoms with Crippen molar-refractivity contribution >= 4 is 21.4 Å². The Morgan fingerprint density at radius 3 is 2.26 bits per heavy atom. The van der Waals surface area contributed by atoms with E-state index in [1.165, 1.54) is 19.1 Å². The fourth-order valence-electron chi connectivity index (χ4n) is 6.08. The topological polar surface area (TPSA) is 108 Å². The normalized spacial score (nSPS) is 25.0. The van der Waals surface area contributed by atoms with Gasteiger partial charge < -0.3 is 10.2 Å². The van der Waals surface area contributed by atoms with Crippen molar-refractivity contribution in [3.05, 3.63) is 66.2 Å². The van der Waals surface area contributed by atoms with Crippen LogP contribution in [-0.4, -0.2) is 61.2 Å². The molecule has 2 fully saturated rings. The molecule has 1 amide bonds. The van der Waals surface area contributed by atoms with Gasteiger partial charge in [-0.15, -0.1) is 0 Å². The number of aromatic nitrogens is 2. The highest BCUT2D eigenvalue weighted by Gasteiger charge is 2.61. The molecule has 8 nitrogen and oxygen atoms in total. The van der Waals surface area contributed by atoms with Gasteiger partial charge in [0.05, 0.1) is 34.4 Å². The summed E-state index contributed by atoms with van der Waals surface area (Å²) in [7, 11) is -3.04. The Labute approximate surface area is 243 Å². The van der Waals surface area contributed by atoms with E-state index >= 15 is 0 Å². The summed E-state index contributed by atoms with van der Waals surface area (Å²) in [6.45, 7) is 3.72. The van der Waals surface area contributed by atoms with Crippen LogP contribution in [0.25, 0.3) is 16.8 Å². The lowest BCUT2D eigenvalue weighted by Gasteiger charge is -2.50. The van der Waals surface area contributed by atoms with Gasteiger partial charge in [0.15, 0.2) is 9.84 Å². The van der Waals surface area contributed by atoms with Crippen molar-refractivity contribution in [1.29, 1.82) is 5.26 Å². The van der Waals surface area contributed by atoms with Gasteiger partial charge in [-0.25, -0.2) is 26.3 Å². The molecule has 2 atom stereocenters. The Kier molecular flexibility index (Phi) is 7.60. The van der Waals surface area contributed by atoms with E-state index in [1.54, 1.807) is 29.9 Å². The third-order valence-electron chi connectivity index (χ3n) is 8.87. The number of nitriles is 1. The Balaban J connectivity index is 1.61. The van der Waals surface area contributed by atoms with E-state index in [1.807, 2.05) is 35.2 Å². The van der Waals surface area contributed by atoms with Gasteiger partial charge in [0.1, 0.15) is 12.4 Å². The number of nitrogens with zero attached hydrogens (tertiary/aromatic N) is 4. The number of carbonyl (C=O) groups excluding carboxylic acids is 1. The minimum Gasteiger partial charge on any atom is -0.369 e. The van der Waals surface area contributed by atoms with Crippen molar-refractivity contribution in [1.82, 2.24) is 15.1 Å². The molecule has 5 rings (SSSR count). The first-order valence-electron chi connectivity index (χ1n) is 13.7. The van der Waals surface area contributed by atoms with Gasteiger partial charge in [-0.2, -0.15) is 10.4 Å². The van der Waals surface area contributed by atoms with E-state index in [2.05, 4.69) is 5.32 Å². The number of hydrogen-bond acceptors (Lipinski definition) is 6. The maximum atomic E-state index is 14.9. The van der Waals surface area contributed by atoms with E-state index < -0.39 is 51.2 Å². The van der Waals surface area contributed by atoms with Crippen molar-refractivity contribution in [2.75, 3.05) is 36.0 Å². The van der Waals surface area contributed by atoms with E-state index in [-0.39, 0.29) is 24.5 Å². The van der Waals surface area contributed by atoms with Crippen molar-refractivity contribution < 1.29 is 26.4 Å². The fourth-order valence-corrected chi connectivity index (χ4v) is 7.28. The number of amides is 1. The molecule has 0 bridgehead atoms. The minimum absolute atomic E-state index is 0.0375. The molecule has 2 aromatic carbocycles. The van der Waals surface area contributed by atoms with Crippen molar-refractivity contribution in [2.45, 2.75) is 44.4 Å². The first kappa shape index (κ1) is 29.6. The molecule has 2 aliphatic rings. The summed E-state index contributed by atoms with van der Waals surface area (Å²) >= 11 is 0. The van der Waals surface area contributed by atoms with Crippen LogP contribution >= 0.6 is 0 Å². The standard InChI is InChI=1S/C30H32F3N5O3S/c1-28(11-12-30(32,33)20-29(28,2)27(39)35-14-13-34)26-25(19-38(36-26)24-9-5-22(31)6-10-24)21-3-7-23(8-4-21)37-15-17-42(40,41)18-16-37/h3-10,19H,11-12,14-18,20H2,1-2H3,(H,35,39). The molecule has 0 radical (unpaired) electrons. The summed E-state index contributed by atoms with van der Waals surface area (Å²) < 4.78 is 68.8. The maximum absolute atomic E-state index is 14.9. The lowest BCUT2D eigenvalue weighted by molar-refractivity contribution is -0.153. The van der Waals surface area contributed by atoms with Gasteiger partial charge in [-0.3, -0.25) is 4.79 Å². The molecule has 2 unspecified atom stereocenters. The van der Waals surface area contributed by atoms with Gasteiger partial charge in [-0.05, 0) is 55.3 Å². The van der Waals surface area contributed by atoms with Crippen LogP contribution in [0.4, 0.5) is 18.9 Å². The van der Waals surface area contributed by atoms with Gasteiger partial charge in [0.25, 0.3) is 0 Å². The number of alkyl halides is 2. The zero-order valence-electron chi connectivity index (χ0n) is 23.4. The molecule has 1 saturated carbocycles. The second kappa shape index (κ2) is 10.8. The van der Waals surface area contributed by atoms with Gasteiger partial charge in [-0.1, -0.05) is 19.1 Å². The largest absolute Gasteiger partial charge is 0.369 e. The van der Waals surface area contributed by atoms with Crippen LogP contribution in [0.3, 0.4) is 0 Å². The highest BCUT2D eigenvalue weighted by Crippen LogP contribution is 2.57. The summed E-state index contributed by atoms with van der Waals surface area (Å²) in [5, 5.41) is 16.4. The molecule has 12 heteroatoms. The molecular weight excluding hydrogens is 567 g/mol. The Morgan fingerprint density at radius 1 is 1.02 bits per heavy atom. The van der Waals surface area contributed by atoms with Crippen LogP contribution in [-0.2, 0) is 20.0 Å². The number of benzene rings is 2. The highest BCUT2D eigenvalue weighted by atomic mass is 32.2. The van der Waals surface area contributed by atoms with Gasteiger partial charge in [0.2, 0.25) is 11.8 Å². The third-order valence-corrected chi connectivity index (χ3v) is 10.5. The summed E-state index contributed by atoms with van der Waals surface area (Å²) in [6.07, 6.45) is 0.554. The van der Waals surface area contributed by atoms with E-state index in [9.17, 15) is 26.4 Å². The Morgan fingerprint density at radius 2 is 1.64 bits per heavy atom. The molecule has 222 valence electrons. The summed E-state index contributed by atoms with van der Waals surface area (Å²) in [4.78, 5) is 15.5. The first-order valence-corrected chi connectivity index (χ1v) is 15.5. The van der Waals surface area contributed by atoms with Crippen molar-refractivity contribution in [3.63, 3.8) is 0 Å². The molecule has 42 heavy (non-hydrogen) atoms. The second-order valence-corrected chi connectivity index (χ2v) is 13.8. The molecule has 2 heterocycles. The second-order valence-electron chi connectivity index (χ2n) is 11.5. The Hall–Kier alpha value is -3.85. The predicted octanol–water partition coefficient (Wildman–Crippen LogP) is 4.64. The van der Waals surface area contributed by atoms with E-state index in [4.69, 9.17) is 10.4 Å². The molecule has 1 N–H and O–H groups in total. The minimum atomic E-state index is -3.08. The van der Waals surface area contributed by atoms with Crippen LogP contribution < -0.4 is 10.2 Å². The number of hydrogen-bond donors (Lipinski definition) is 1. The van der Waals surface area contributed by atoms with Gasteiger partial charge in [0, 0.05) is 48.8 Å². The first-order chi connectivity index (χ1) is 19.8. The molecule has 1 aliphatic carbocycles.